The van der Waals surface area contributed by atoms with Gasteiger partial charge in [-0.25, -0.2) is 0 Å². The molecule has 0 bridgehead atoms. The first-order valence-electron chi connectivity index (χ1n) is 5.45. The van der Waals surface area contributed by atoms with Gasteiger partial charge in [0.1, 0.15) is 0 Å². The number of carbonyl (C=O) groups is 1. The number of ether oxygens (including phenoxy) is 1. The minimum Gasteiger partial charge on any atom is -0.384 e. The van der Waals surface area contributed by atoms with Gasteiger partial charge in [-0.1, -0.05) is 20.8 Å². The Morgan fingerprint density at radius 2 is 1.79 bits per heavy atom. The molecule has 1 unspecified atom stereocenters. The molecule has 0 heterocycles. The number of nitrogens with zero attached hydrogens (tertiary/aromatic N) is 1. The molecule has 0 aromatic heterocycles. The second-order valence-corrected chi connectivity index (χ2v) is 3.68. The monoisotopic (exact) mass is 201 g/mol. The van der Waals surface area contributed by atoms with Crippen LogP contribution in [0, 0.1) is 5.92 Å². The van der Waals surface area contributed by atoms with Crippen LogP contribution in [0.15, 0.2) is 0 Å². The van der Waals surface area contributed by atoms with Crippen LogP contribution in [-0.2, 0) is 9.53 Å². The summed E-state index contributed by atoms with van der Waals surface area (Å²) in [5.74, 6) is 0.202. The zero-order valence-electron chi connectivity index (χ0n) is 9.88. The molecular formula is C11H23NO2. The standard InChI is InChI=1S/C11H23NO2/c1-5-7-12(8-6-2)11(13)10(3)9-14-4/h10H,5-9H2,1-4H3. The number of hydrogen-bond donors (Lipinski definition) is 0. The molecule has 3 nitrogen and oxygen atoms in total. The van der Waals surface area contributed by atoms with Crippen molar-refractivity contribution >= 4 is 5.91 Å². The highest BCUT2D eigenvalue weighted by molar-refractivity contribution is 5.78. The van der Waals surface area contributed by atoms with E-state index in [2.05, 4.69) is 13.8 Å². The van der Waals surface area contributed by atoms with Gasteiger partial charge in [-0.05, 0) is 12.8 Å². The lowest BCUT2D eigenvalue weighted by Crippen LogP contribution is -2.37. The number of amides is 1. The van der Waals surface area contributed by atoms with Crippen molar-refractivity contribution in [3.63, 3.8) is 0 Å². The van der Waals surface area contributed by atoms with Crippen molar-refractivity contribution in [3.05, 3.63) is 0 Å². The number of carbonyl (C=O) groups excluding carboxylic acids is 1. The Balaban J connectivity index is 4.11. The molecule has 0 aliphatic heterocycles. The van der Waals surface area contributed by atoms with Gasteiger partial charge in [0.2, 0.25) is 5.91 Å². The van der Waals surface area contributed by atoms with Crippen molar-refractivity contribution in [2.75, 3.05) is 26.8 Å². The molecule has 1 atom stereocenters. The van der Waals surface area contributed by atoms with E-state index in [0.29, 0.717) is 6.61 Å². The Morgan fingerprint density at radius 3 is 2.14 bits per heavy atom. The lowest BCUT2D eigenvalue weighted by atomic mass is 10.1. The Labute approximate surface area is 87.4 Å². The fraction of sp³-hybridized carbons (Fsp3) is 0.909. The summed E-state index contributed by atoms with van der Waals surface area (Å²) in [5, 5.41) is 0. The van der Waals surface area contributed by atoms with Crippen molar-refractivity contribution < 1.29 is 9.53 Å². The highest BCUT2D eigenvalue weighted by Gasteiger charge is 2.18. The summed E-state index contributed by atoms with van der Waals surface area (Å²) in [6.45, 7) is 8.35. The Hall–Kier alpha value is -0.570. The zero-order chi connectivity index (χ0) is 11.0. The Morgan fingerprint density at radius 1 is 1.29 bits per heavy atom. The van der Waals surface area contributed by atoms with Crippen molar-refractivity contribution in [1.82, 2.24) is 4.90 Å². The van der Waals surface area contributed by atoms with E-state index >= 15 is 0 Å². The van der Waals surface area contributed by atoms with Crippen molar-refractivity contribution in [3.8, 4) is 0 Å². The van der Waals surface area contributed by atoms with Crippen LogP contribution in [0.5, 0.6) is 0 Å². The Kier molecular flexibility index (Phi) is 7.48. The molecule has 0 aromatic rings. The zero-order valence-corrected chi connectivity index (χ0v) is 9.88. The summed E-state index contributed by atoms with van der Waals surface area (Å²) >= 11 is 0. The maximum absolute atomic E-state index is 11.9. The molecule has 14 heavy (non-hydrogen) atoms. The normalized spacial score (nSPS) is 12.6. The van der Waals surface area contributed by atoms with Crippen LogP contribution in [0.4, 0.5) is 0 Å². The molecule has 0 radical (unpaired) electrons. The quantitative estimate of drug-likeness (QED) is 0.630. The van der Waals surface area contributed by atoms with Gasteiger partial charge in [0.25, 0.3) is 0 Å². The molecule has 0 aliphatic carbocycles. The molecule has 1 amide bonds. The van der Waals surface area contributed by atoms with Crippen molar-refractivity contribution in [2.24, 2.45) is 5.92 Å². The summed E-state index contributed by atoms with van der Waals surface area (Å²) in [6, 6.07) is 0. The summed E-state index contributed by atoms with van der Waals surface area (Å²) in [5.41, 5.74) is 0. The smallest absolute Gasteiger partial charge is 0.227 e. The summed E-state index contributed by atoms with van der Waals surface area (Å²) in [6.07, 6.45) is 2.04. The number of methoxy groups -OCH3 is 1. The molecule has 0 saturated carbocycles. The minimum atomic E-state index is -0.0156. The van der Waals surface area contributed by atoms with Crippen LogP contribution in [0.2, 0.25) is 0 Å². The predicted molar refractivity (Wildman–Crippen MR) is 58.2 cm³/mol. The van der Waals surface area contributed by atoms with E-state index in [0.717, 1.165) is 25.9 Å². The minimum absolute atomic E-state index is 0.0156. The molecular weight excluding hydrogens is 178 g/mol. The van der Waals surface area contributed by atoms with Gasteiger partial charge in [-0.2, -0.15) is 0 Å². The average Bonchev–Trinajstić information content (AvgIpc) is 2.17. The van der Waals surface area contributed by atoms with Gasteiger partial charge in [0.15, 0.2) is 0 Å². The summed E-state index contributed by atoms with van der Waals surface area (Å²) < 4.78 is 4.98. The third-order valence-electron chi connectivity index (χ3n) is 2.14. The SMILES string of the molecule is CCCN(CCC)C(=O)C(C)COC. The summed E-state index contributed by atoms with van der Waals surface area (Å²) in [7, 11) is 1.63. The lowest BCUT2D eigenvalue weighted by molar-refractivity contribution is -0.136. The maximum Gasteiger partial charge on any atom is 0.227 e. The van der Waals surface area contributed by atoms with Crippen LogP contribution in [0.3, 0.4) is 0 Å². The van der Waals surface area contributed by atoms with E-state index in [-0.39, 0.29) is 11.8 Å². The average molecular weight is 201 g/mol. The van der Waals surface area contributed by atoms with E-state index in [1.165, 1.54) is 0 Å². The molecule has 0 aliphatic rings. The molecule has 0 N–H and O–H groups in total. The van der Waals surface area contributed by atoms with Crippen LogP contribution in [-0.4, -0.2) is 37.6 Å². The first-order chi connectivity index (χ1) is 6.67. The largest absolute Gasteiger partial charge is 0.384 e. The first kappa shape index (κ1) is 13.4. The third kappa shape index (κ3) is 4.61. The first-order valence-corrected chi connectivity index (χ1v) is 5.45. The topological polar surface area (TPSA) is 29.5 Å². The third-order valence-corrected chi connectivity index (χ3v) is 2.14. The highest BCUT2D eigenvalue weighted by atomic mass is 16.5. The predicted octanol–water partition coefficient (Wildman–Crippen LogP) is 1.92. The van der Waals surface area contributed by atoms with Gasteiger partial charge >= 0.3 is 0 Å². The summed E-state index contributed by atoms with van der Waals surface area (Å²) in [4.78, 5) is 13.8. The molecule has 0 spiro atoms. The molecule has 84 valence electrons. The fourth-order valence-corrected chi connectivity index (χ4v) is 1.50. The van der Waals surface area contributed by atoms with Gasteiger partial charge < -0.3 is 9.64 Å². The maximum atomic E-state index is 11.9. The Bertz CT molecular complexity index is 153. The molecule has 0 saturated heterocycles. The molecule has 0 aromatic carbocycles. The van der Waals surface area contributed by atoms with E-state index in [1.54, 1.807) is 7.11 Å². The van der Waals surface area contributed by atoms with Crippen LogP contribution >= 0.6 is 0 Å². The van der Waals surface area contributed by atoms with Crippen molar-refractivity contribution in [2.45, 2.75) is 33.6 Å². The second kappa shape index (κ2) is 7.80. The molecule has 0 rings (SSSR count). The number of rotatable bonds is 7. The highest BCUT2D eigenvalue weighted by Crippen LogP contribution is 2.04. The van der Waals surface area contributed by atoms with Gasteiger partial charge in [0, 0.05) is 20.2 Å². The van der Waals surface area contributed by atoms with E-state index < -0.39 is 0 Å². The van der Waals surface area contributed by atoms with Crippen LogP contribution < -0.4 is 0 Å². The van der Waals surface area contributed by atoms with Gasteiger partial charge in [-0.3, -0.25) is 4.79 Å². The van der Waals surface area contributed by atoms with E-state index in [4.69, 9.17) is 4.74 Å². The number of hydrogen-bond acceptors (Lipinski definition) is 2. The second-order valence-electron chi connectivity index (χ2n) is 3.68. The molecule has 3 heteroatoms. The van der Waals surface area contributed by atoms with Gasteiger partial charge in [-0.15, -0.1) is 0 Å². The van der Waals surface area contributed by atoms with Crippen LogP contribution in [0.25, 0.3) is 0 Å². The van der Waals surface area contributed by atoms with E-state index in [9.17, 15) is 4.79 Å². The van der Waals surface area contributed by atoms with Gasteiger partial charge in [0.05, 0.1) is 12.5 Å². The fourth-order valence-electron chi connectivity index (χ4n) is 1.50. The lowest BCUT2D eigenvalue weighted by Gasteiger charge is -2.24. The van der Waals surface area contributed by atoms with Crippen LogP contribution in [0.1, 0.15) is 33.6 Å². The van der Waals surface area contributed by atoms with E-state index in [1.807, 2.05) is 11.8 Å². The molecule has 0 fully saturated rings. The van der Waals surface area contributed by atoms with Crippen molar-refractivity contribution in [1.29, 1.82) is 0 Å².